The first-order chi connectivity index (χ1) is 8.53. The van der Waals surface area contributed by atoms with Gasteiger partial charge in [0.15, 0.2) is 9.84 Å². The summed E-state index contributed by atoms with van der Waals surface area (Å²) in [5, 5.41) is 5.82. The number of sulfone groups is 1. The second kappa shape index (κ2) is 7.39. The van der Waals surface area contributed by atoms with Crippen molar-refractivity contribution < 1.29 is 13.2 Å². The summed E-state index contributed by atoms with van der Waals surface area (Å²) in [6.45, 7) is 1.03. The van der Waals surface area contributed by atoms with E-state index in [1.54, 1.807) is 0 Å². The van der Waals surface area contributed by atoms with E-state index >= 15 is 0 Å². The van der Waals surface area contributed by atoms with Crippen LogP contribution in [0.3, 0.4) is 0 Å². The molecule has 0 spiro atoms. The van der Waals surface area contributed by atoms with Crippen LogP contribution in [0.5, 0.6) is 0 Å². The normalized spacial score (nSPS) is 22.1. The molecule has 1 aliphatic rings. The zero-order valence-corrected chi connectivity index (χ0v) is 11.3. The monoisotopic (exact) mass is 272 g/mol. The Morgan fingerprint density at radius 3 is 2.89 bits per heavy atom. The number of carbonyl (C=O) groups excluding carboxylic acids is 1. The van der Waals surface area contributed by atoms with Crippen LogP contribution < -0.4 is 10.6 Å². The van der Waals surface area contributed by atoms with Gasteiger partial charge in [-0.05, 0) is 12.8 Å². The molecule has 5 nitrogen and oxygen atoms in total. The van der Waals surface area contributed by atoms with Crippen LogP contribution in [0.1, 0.15) is 25.7 Å². The van der Waals surface area contributed by atoms with Gasteiger partial charge < -0.3 is 10.6 Å². The van der Waals surface area contributed by atoms with E-state index in [4.69, 9.17) is 6.42 Å². The first-order valence-corrected chi connectivity index (χ1v) is 7.99. The summed E-state index contributed by atoms with van der Waals surface area (Å²) in [5.41, 5.74) is 0. The Bertz CT molecular complexity index is 412. The van der Waals surface area contributed by atoms with E-state index in [-0.39, 0.29) is 29.9 Å². The van der Waals surface area contributed by atoms with E-state index < -0.39 is 9.84 Å². The fraction of sp³-hybridized carbons (Fsp3) is 0.750. The van der Waals surface area contributed by atoms with Gasteiger partial charge in [-0.1, -0.05) is 0 Å². The minimum Gasteiger partial charge on any atom is -0.356 e. The summed E-state index contributed by atoms with van der Waals surface area (Å²) in [4.78, 5) is 11.6. The van der Waals surface area contributed by atoms with Crippen molar-refractivity contribution in [2.75, 3.05) is 24.6 Å². The maximum Gasteiger partial charge on any atom is 0.221 e. The van der Waals surface area contributed by atoms with Crippen molar-refractivity contribution in [2.24, 2.45) is 0 Å². The predicted octanol–water partition coefficient (Wildman–Crippen LogP) is -0.317. The van der Waals surface area contributed by atoms with Crippen molar-refractivity contribution in [3.8, 4) is 12.3 Å². The third kappa shape index (κ3) is 6.03. The molecule has 1 fully saturated rings. The van der Waals surface area contributed by atoms with E-state index in [1.165, 1.54) is 0 Å². The number of hydrogen-bond donors (Lipinski definition) is 2. The van der Waals surface area contributed by atoms with Crippen LogP contribution in [0.15, 0.2) is 0 Å². The minimum atomic E-state index is -2.97. The van der Waals surface area contributed by atoms with Crippen LogP contribution >= 0.6 is 0 Å². The Morgan fingerprint density at radius 1 is 1.44 bits per heavy atom. The first kappa shape index (κ1) is 15.0. The van der Waals surface area contributed by atoms with Gasteiger partial charge >= 0.3 is 0 Å². The average molecular weight is 272 g/mol. The van der Waals surface area contributed by atoms with Gasteiger partial charge in [-0.2, -0.15) is 0 Å². The molecule has 1 atom stereocenters. The highest BCUT2D eigenvalue weighted by atomic mass is 32.2. The maximum atomic E-state index is 11.6. The SMILES string of the molecule is C#CCCCCNC(=O)CC1CS(=O)(=O)CCN1. The molecular formula is C12H20N2O3S. The van der Waals surface area contributed by atoms with Crippen molar-refractivity contribution >= 4 is 15.7 Å². The molecule has 1 saturated heterocycles. The van der Waals surface area contributed by atoms with E-state index in [0.29, 0.717) is 13.1 Å². The molecule has 18 heavy (non-hydrogen) atoms. The van der Waals surface area contributed by atoms with Crippen LogP contribution in [-0.4, -0.2) is 45.0 Å². The fourth-order valence-electron chi connectivity index (χ4n) is 1.87. The largest absolute Gasteiger partial charge is 0.356 e. The van der Waals surface area contributed by atoms with Crippen LogP contribution in [0.2, 0.25) is 0 Å². The van der Waals surface area contributed by atoms with Crippen molar-refractivity contribution in [3.05, 3.63) is 0 Å². The molecular weight excluding hydrogens is 252 g/mol. The molecule has 1 unspecified atom stereocenters. The van der Waals surface area contributed by atoms with Gasteiger partial charge in [-0.25, -0.2) is 8.42 Å². The third-order valence-corrected chi connectivity index (χ3v) is 4.54. The highest BCUT2D eigenvalue weighted by Gasteiger charge is 2.25. The average Bonchev–Trinajstić information content (AvgIpc) is 2.27. The van der Waals surface area contributed by atoms with E-state index in [9.17, 15) is 13.2 Å². The van der Waals surface area contributed by atoms with Crippen LogP contribution in [0.25, 0.3) is 0 Å². The number of unbranched alkanes of at least 4 members (excludes halogenated alkanes) is 2. The van der Waals surface area contributed by atoms with E-state index in [2.05, 4.69) is 16.6 Å². The predicted molar refractivity (Wildman–Crippen MR) is 70.8 cm³/mol. The second-order valence-corrected chi connectivity index (χ2v) is 6.71. The Hall–Kier alpha value is -1.06. The molecule has 0 radical (unpaired) electrons. The van der Waals surface area contributed by atoms with E-state index in [1.807, 2.05) is 0 Å². The Balaban J connectivity index is 2.18. The van der Waals surface area contributed by atoms with Crippen molar-refractivity contribution in [2.45, 2.75) is 31.7 Å². The summed E-state index contributed by atoms with van der Waals surface area (Å²) in [6.07, 6.45) is 7.80. The topological polar surface area (TPSA) is 75.3 Å². The molecule has 0 saturated carbocycles. The molecule has 102 valence electrons. The Morgan fingerprint density at radius 2 is 2.22 bits per heavy atom. The van der Waals surface area contributed by atoms with Gasteiger partial charge in [-0.15, -0.1) is 12.3 Å². The lowest BCUT2D eigenvalue weighted by molar-refractivity contribution is -0.121. The summed E-state index contributed by atoms with van der Waals surface area (Å²) < 4.78 is 22.8. The lowest BCUT2D eigenvalue weighted by atomic mass is 10.2. The number of hydrogen-bond acceptors (Lipinski definition) is 4. The molecule has 0 aromatic heterocycles. The fourth-order valence-corrected chi connectivity index (χ4v) is 3.32. The second-order valence-electron chi connectivity index (χ2n) is 4.48. The van der Waals surface area contributed by atoms with E-state index in [0.717, 1.165) is 19.3 Å². The summed E-state index contributed by atoms with van der Waals surface area (Å²) in [7, 11) is -2.97. The zero-order chi connectivity index (χ0) is 13.4. The van der Waals surface area contributed by atoms with Gasteiger partial charge in [0.2, 0.25) is 5.91 Å². The van der Waals surface area contributed by atoms with Gasteiger partial charge in [0.1, 0.15) is 0 Å². The molecule has 1 heterocycles. The van der Waals surface area contributed by atoms with Gasteiger partial charge in [0.05, 0.1) is 11.5 Å². The molecule has 0 aromatic carbocycles. The van der Waals surface area contributed by atoms with Crippen molar-refractivity contribution in [1.82, 2.24) is 10.6 Å². The van der Waals surface area contributed by atoms with Crippen molar-refractivity contribution in [1.29, 1.82) is 0 Å². The molecule has 0 aliphatic carbocycles. The lowest BCUT2D eigenvalue weighted by Crippen LogP contribution is -2.47. The molecule has 6 heteroatoms. The number of amides is 1. The summed E-state index contributed by atoms with van der Waals surface area (Å²) >= 11 is 0. The number of nitrogens with one attached hydrogen (secondary N) is 2. The van der Waals surface area contributed by atoms with Crippen LogP contribution in [0.4, 0.5) is 0 Å². The van der Waals surface area contributed by atoms with Crippen molar-refractivity contribution in [3.63, 3.8) is 0 Å². The molecule has 2 N–H and O–H groups in total. The number of rotatable bonds is 6. The minimum absolute atomic E-state index is 0.0531. The number of carbonyl (C=O) groups is 1. The highest BCUT2D eigenvalue weighted by Crippen LogP contribution is 2.04. The zero-order valence-electron chi connectivity index (χ0n) is 10.4. The highest BCUT2D eigenvalue weighted by molar-refractivity contribution is 7.91. The number of terminal acetylenes is 1. The smallest absolute Gasteiger partial charge is 0.221 e. The Kier molecular flexibility index (Phi) is 6.16. The summed E-state index contributed by atoms with van der Waals surface area (Å²) in [5.74, 6) is 2.65. The first-order valence-electron chi connectivity index (χ1n) is 6.17. The standard InChI is InChI=1S/C12H20N2O3S/c1-2-3-4-5-6-14-12(15)9-11-10-18(16,17)8-7-13-11/h1,11,13H,3-10H2,(H,14,15). The van der Waals surface area contributed by atoms with Gasteiger partial charge in [-0.3, -0.25) is 4.79 Å². The molecule has 1 aliphatic heterocycles. The van der Waals surface area contributed by atoms with Crippen LogP contribution in [0, 0.1) is 12.3 Å². The molecule has 0 aromatic rings. The quantitative estimate of drug-likeness (QED) is 0.513. The lowest BCUT2D eigenvalue weighted by Gasteiger charge is -2.23. The Labute approximate surface area is 109 Å². The molecule has 0 bridgehead atoms. The molecule has 1 rings (SSSR count). The summed E-state index contributed by atoms with van der Waals surface area (Å²) in [6, 6.07) is -0.255. The van der Waals surface area contributed by atoms with Crippen LogP contribution in [-0.2, 0) is 14.6 Å². The van der Waals surface area contributed by atoms with Gasteiger partial charge in [0, 0.05) is 32.0 Å². The van der Waals surface area contributed by atoms with Gasteiger partial charge in [0.25, 0.3) is 0 Å². The molecule has 1 amide bonds. The maximum absolute atomic E-state index is 11.6. The third-order valence-electron chi connectivity index (χ3n) is 2.80.